The molecule has 0 fully saturated rings. The van der Waals surface area contributed by atoms with E-state index in [0.717, 1.165) is 6.07 Å². The molecule has 0 saturated carbocycles. The fourth-order valence-electron chi connectivity index (χ4n) is 2.41. The Bertz CT molecular complexity index is 776. The quantitative estimate of drug-likeness (QED) is 0.876. The SMILES string of the molecule is COC[C@H](C)N(Cc1ccccc1F)C(=O)c1cc(=O)[nH]c(C)n1. The second kappa shape index (κ2) is 7.83. The standard InChI is InChI=1S/C17H20FN3O3/c1-11(10-24-3)21(9-13-6-4-5-7-14(13)18)17(23)15-8-16(22)20-12(2)19-15/h4-8,11H,9-10H2,1-3H3,(H,19,20,22)/t11-/m0/s1. The zero-order valence-corrected chi connectivity index (χ0v) is 13.9. The summed E-state index contributed by atoms with van der Waals surface area (Å²) in [5, 5.41) is 0. The van der Waals surface area contributed by atoms with E-state index in [4.69, 9.17) is 4.74 Å². The minimum atomic E-state index is -0.447. The second-order valence-electron chi connectivity index (χ2n) is 5.54. The number of benzene rings is 1. The number of methoxy groups -OCH3 is 1. The Balaban J connectivity index is 2.36. The first-order valence-corrected chi connectivity index (χ1v) is 7.53. The highest BCUT2D eigenvalue weighted by Gasteiger charge is 2.24. The first kappa shape index (κ1) is 17.8. The molecule has 2 rings (SSSR count). The van der Waals surface area contributed by atoms with E-state index in [1.165, 1.54) is 18.1 Å². The van der Waals surface area contributed by atoms with Gasteiger partial charge in [-0.05, 0) is 19.9 Å². The van der Waals surface area contributed by atoms with Crippen LogP contribution in [0.5, 0.6) is 0 Å². The lowest BCUT2D eigenvalue weighted by molar-refractivity contribution is 0.0533. The molecular formula is C17H20FN3O3. The smallest absolute Gasteiger partial charge is 0.273 e. The van der Waals surface area contributed by atoms with Gasteiger partial charge in [0, 0.05) is 25.3 Å². The molecule has 1 atom stereocenters. The molecule has 24 heavy (non-hydrogen) atoms. The van der Waals surface area contributed by atoms with Gasteiger partial charge in [-0.1, -0.05) is 18.2 Å². The average molecular weight is 333 g/mol. The van der Waals surface area contributed by atoms with Crippen LogP contribution in [0.4, 0.5) is 4.39 Å². The summed E-state index contributed by atoms with van der Waals surface area (Å²) in [6.45, 7) is 3.73. The summed E-state index contributed by atoms with van der Waals surface area (Å²) in [4.78, 5) is 32.4. The molecule has 0 unspecified atom stereocenters. The summed E-state index contributed by atoms with van der Waals surface area (Å²) in [5.74, 6) is -0.497. The van der Waals surface area contributed by atoms with E-state index in [-0.39, 0.29) is 24.9 Å². The zero-order valence-electron chi connectivity index (χ0n) is 13.9. The minimum absolute atomic E-state index is 0.0237. The number of amides is 1. The average Bonchev–Trinajstić information content (AvgIpc) is 2.52. The Kier molecular flexibility index (Phi) is 5.81. The van der Waals surface area contributed by atoms with Crippen LogP contribution >= 0.6 is 0 Å². The number of aromatic amines is 1. The van der Waals surface area contributed by atoms with Crippen LogP contribution in [-0.4, -0.2) is 40.5 Å². The number of aryl methyl sites for hydroxylation is 1. The van der Waals surface area contributed by atoms with Crippen LogP contribution in [0.25, 0.3) is 0 Å². The van der Waals surface area contributed by atoms with Crippen molar-refractivity contribution in [3.05, 3.63) is 63.6 Å². The topological polar surface area (TPSA) is 75.3 Å². The normalized spacial score (nSPS) is 12.0. The molecule has 1 heterocycles. The molecule has 0 radical (unpaired) electrons. The zero-order chi connectivity index (χ0) is 17.7. The Hall–Kier alpha value is -2.54. The van der Waals surface area contributed by atoms with Gasteiger partial charge in [0.25, 0.3) is 11.5 Å². The molecule has 1 aromatic heterocycles. The molecule has 1 amide bonds. The molecule has 0 saturated heterocycles. The number of carbonyl (C=O) groups is 1. The van der Waals surface area contributed by atoms with Crippen molar-refractivity contribution in [1.82, 2.24) is 14.9 Å². The van der Waals surface area contributed by atoms with E-state index in [9.17, 15) is 14.0 Å². The second-order valence-corrected chi connectivity index (χ2v) is 5.54. The van der Waals surface area contributed by atoms with Crippen LogP contribution in [0.2, 0.25) is 0 Å². The predicted octanol–water partition coefficient (Wildman–Crippen LogP) is 1.89. The number of rotatable bonds is 6. The van der Waals surface area contributed by atoms with Crippen LogP contribution in [0.3, 0.4) is 0 Å². The number of ether oxygens (including phenoxy) is 1. The van der Waals surface area contributed by atoms with Crippen molar-refractivity contribution in [2.45, 2.75) is 26.4 Å². The van der Waals surface area contributed by atoms with Crippen LogP contribution < -0.4 is 5.56 Å². The summed E-state index contributed by atoms with van der Waals surface area (Å²) in [6.07, 6.45) is 0. The summed E-state index contributed by atoms with van der Waals surface area (Å²) in [6, 6.07) is 7.08. The third-order valence-electron chi connectivity index (χ3n) is 3.58. The number of carbonyl (C=O) groups excluding carboxylic acids is 1. The number of H-pyrrole nitrogens is 1. The summed E-state index contributed by atoms with van der Waals surface area (Å²) in [5.41, 5.74) is 0.00185. The monoisotopic (exact) mass is 333 g/mol. The Morgan fingerprint density at radius 3 is 2.75 bits per heavy atom. The molecule has 6 nitrogen and oxygen atoms in total. The molecule has 2 aromatic rings. The molecule has 0 spiro atoms. The first-order chi connectivity index (χ1) is 11.4. The van der Waals surface area contributed by atoms with Gasteiger partial charge in [0.2, 0.25) is 0 Å². The van der Waals surface area contributed by atoms with Crippen molar-refractivity contribution in [2.24, 2.45) is 0 Å². The molecule has 0 aliphatic carbocycles. The van der Waals surface area contributed by atoms with Crippen molar-refractivity contribution < 1.29 is 13.9 Å². The first-order valence-electron chi connectivity index (χ1n) is 7.53. The van der Waals surface area contributed by atoms with Crippen LogP contribution in [0.15, 0.2) is 35.1 Å². The van der Waals surface area contributed by atoms with Crippen LogP contribution in [0, 0.1) is 12.7 Å². The van der Waals surface area contributed by atoms with Crippen molar-refractivity contribution >= 4 is 5.91 Å². The fourth-order valence-corrected chi connectivity index (χ4v) is 2.41. The van der Waals surface area contributed by atoms with Crippen LogP contribution in [-0.2, 0) is 11.3 Å². The van der Waals surface area contributed by atoms with Crippen molar-refractivity contribution in [1.29, 1.82) is 0 Å². The largest absolute Gasteiger partial charge is 0.383 e. The number of halogens is 1. The van der Waals surface area contributed by atoms with Crippen molar-refractivity contribution in [3.8, 4) is 0 Å². The van der Waals surface area contributed by atoms with Gasteiger partial charge in [0.15, 0.2) is 0 Å². The van der Waals surface area contributed by atoms with E-state index in [1.54, 1.807) is 32.0 Å². The van der Waals surface area contributed by atoms with Crippen molar-refractivity contribution in [2.75, 3.05) is 13.7 Å². The molecule has 0 aliphatic rings. The molecule has 7 heteroatoms. The van der Waals surface area contributed by atoms with Crippen LogP contribution in [0.1, 0.15) is 28.8 Å². The minimum Gasteiger partial charge on any atom is -0.383 e. The molecule has 128 valence electrons. The third kappa shape index (κ3) is 4.26. The Morgan fingerprint density at radius 1 is 1.42 bits per heavy atom. The molecule has 1 aromatic carbocycles. The maximum atomic E-state index is 14.0. The van der Waals surface area contributed by atoms with Gasteiger partial charge in [-0.2, -0.15) is 0 Å². The highest BCUT2D eigenvalue weighted by atomic mass is 19.1. The summed E-state index contributed by atoms with van der Waals surface area (Å²) >= 11 is 0. The maximum absolute atomic E-state index is 14.0. The van der Waals surface area contributed by atoms with Gasteiger partial charge in [-0.25, -0.2) is 9.37 Å². The summed E-state index contributed by atoms with van der Waals surface area (Å²) < 4.78 is 19.1. The molecular weight excluding hydrogens is 313 g/mol. The van der Waals surface area contributed by atoms with Gasteiger partial charge < -0.3 is 14.6 Å². The van der Waals surface area contributed by atoms with E-state index >= 15 is 0 Å². The van der Waals surface area contributed by atoms with E-state index in [1.807, 2.05) is 0 Å². The number of nitrogens with one attached hydrogen (secondary N) is 1. The van der Waals surface area contributed by atoms with E-state index in [0.29, 0.717) is 11.4 Å². The third-order valence-corrected chi connectivity index (χ3v) is 3.58. The van der Waals surface area contributed by atoms with Crippen molar-refractivity contribution in [3.63, 3.8) is 0 Å². The highest BCUT2D eigenvalue weighted by molar-refractivity contribution is 5.92. The fraction of sp³-hybridized carbons (Fsp3) is 0.353. The highest BCUT2D eigenvalue weighted by Crippen LogP contribution is 2.15. The van der Waals surface area contributed by atoms with Gasteiger partial charge in [0.05, 0.1) is 12.6 Å². The lowest BCUT2D eigenvalue weighted by Gasteiger charge is -2.29. The number of aromatic nitrogens is 2. The molecule has 0 bridgehead atoms. The summed E-state index contributed by atoms with van der Waals surface area (Å²) in [7, 11) is 1.53. The number of nitrogens with zero attached hydrogens (tertiary/aromatic N) is 2. The number of hydrogen-bond acceptors (Lipinski definition) is 4. The lowest BCUT2D eigenvalue weighted by Crippen LogP contribution is -2.41. The van der Waals surface area contributed by atoms with Gasteiger partial charge in [0.1, 0.15) is 17.3 Å². The predicted molar refractivity (Wildman–Crippen MR) is 87.2 cm³/mol. The van der Waals surface area contributed by atoms with E-state index < -0.39 is 17.3 Å². The lowest BCUT2D eigenvalue weighted by atomic mass is 10.1. The van der Waals surface area contributed by atoms with E-state index in [2.05, 4.69) is 9.97 Å². The van der Waals surface area contributed by atoms with Gasteiger partial charge in [-0.15, -0.1) is 0 Å². The Morgan fingerprint density at radius 2 is 2.12 bits per heavy atom. The number of hydrogen-bond donors (Lipinski definition) is 1. The Labute approximate surface area is 139 Å². The van der Waals surface area contributed by atoms with Gasteiger partial charge >= 0.3 is 0 Å². The maximum Gasteiger partial charge on any atom is 0.273 e. The van der Waals surface area contributed by atoms with Gasteiger partial charge in [-0.3, -0.25) is 9.59 Å². The molecule has 1 N–H and O–H groups in total. The molecule has 0 aliphatic heterocycles.